The van der Waals surface area contributed by atoms with E-state index in [4.69, 9.17) is 9.47 Å². The molecule has 0 radical (unpaired) electrons. The molecule has 1 saturated heterocycles. The predicted molar refractivity (Wildman–Crippen MR) is 119 cm³/mol. The average molecular weight is 505 g/mol. The lowest BCUT2D eigenvalue weighted by atomic mass is 9.82. The van der Waals surface area contributed by atoms with E-state index < -0.39 is 33.5 Å². The molecule has 3 heterocycles. The van der Waals surface area contributed by atoms with Crippen molar-refractivity contribution in [2.45, 2.75) is 81.0 Å². The zero-order chi connectivity index (χ0) is 24.5. The van der Waals surface area contributed by atoms with Crippen molar-refractivity contribution in [3.8, 4) is 5.75 Å². The molecule has 4 aliphatic rings. The Balaban J connectivity index is 1.59. The lowest BCUT2D eigenvalue weighted by Crippen LogP contribution is -2.61. The molecular formula is C23H31F3N2O5S. The van der Waals surface area contributed by atoms with Gasteiger partial charge in [0.1, 0.15) is 5.75 Å². The number of hydrogen-bond acceptors (Lipinski definition) is 5. The van der Waals surface area contributed by atoms with E-state index in [0.717, 1.165) is 31.2 Å². The van der Waals surface area contributed by atoms with E-state index in [-0.39, 0.29) is 25.2 Å². The Labute approximate surface area is 198 Å². The fourth-order valence-electron chi connectivity index (χ4n) is 5.15. The van der Waals surface area contributed by atoms with Crippen molar-refractivity contribution in [2.75, 3.05) is 19.8 Å². The lowest BCUT2D eigenvalue weighted by molar-refractivity contribution is -0.140. The van der Waals surface area contributed by atoms with E-state index in [0.29, 0.717) is 38.0 Å². The maximum atomic E-state index is 13.1. The molecule has 190 valence electrons. The molecule has 1 N–H and O–H groups in total. The van der Waals surface area contributed by atoms with Gasteiger partial charge in [-0.2, -0.15) is 13.2 Å². The highest BCUT2D eigenvalue weighted by molar-refractivity contribution is 7.90. The average Bonchev–Trinajstić information content (AvgIpc) is 2.82. The molecule has 2 bridgehead atoms. The van der Waals surface area contributed by atoms with Crippen molar-refractivity contribution in [3.05, 3.63) is 29.8 Å². The number of ether oxygens (including phenoxy) is 2. The van der Waals surface area contributed by atoms with Crippen LogP contribution in [0, 0.1) is 0 Å². The van der Waals surface area contributed by atoms with Crippen LogP contribution in [-0.2, 0) is 19.6 Å². The molecule has 1 aromatic rings. The predicted octanol–water partition coefficient (Wildman–Crippen LogP) is 3.35. The molecule has 3 aliphatic heterocycles. The number of sulfonamides is 1. The van der Waals surface area contributed by atoms with Gasteiger partial charge in [-0.3, -0.25) is 4.79 Å². The molecule has 3 atom stereocenters. The largest absolute Gasteiger partial charge is 0.483 e. The molecule has 1 aromatic carbocycles. The van der Waals surface area contributed by atoms with Gasteiger partial charge in [-0.1, -0.05) is 18.2 Å². The third-order valence-corrected chi connectivity index (χ3v) is 9.06. The molecule has 1 amide bonds. The fourth-order valence-corrected chi connectivity index (χ4v) is 6.40. The molecule has 1 saturated carbocycles. The Bertz CT molecular complexity index is 979. The van der Waals surface area contributed by atoms with Crippen LogP contribution in [0.4, 0.5) is 13.2 Å². The maximum Gasteiger partial charge on any atom is 0.406 e. The van der Waals surface area contributed by atoms with Gasteiger partial charge in [0.25, 0.3) is 5.91 Å². The summed E-state index contributed by atoms with van der Waals surface area (Å²) in [5.41, 5.74) is 1.06. The van der Waals surface area contributed by atoms with Gasteiger partial charge in [-0.25, -0.2) is 13.1 Å². The zero-order valence-electron chi connectivity index (χ0n) is 19.1. The van der Waals surface area contributed by atoms with E-state index in [1.165, 1.54) is 4.90 Å². The first-order valence-corrected chi connectivity index (χ1v) is 13.3. The summed E-state index contributed by atoms with van der Waals surface area (Å²) in [4.78, 5) is 14.6. The van der Waals surface area contributed by atoms with Crippen LogP contribution in [-0.4, -0.2) is 68.6 Å². The molecule has 7 nitrogen and oxygen atoms in total. The molecule has 5 rings (SSSR count). The van der Waals surface area contributed by atoms with Crippen LogP contribution in [0.1, 0.15) is 56.9 Å². The van der Waals surface area contributed by atoms with Crippen LogP contribution >= 0.6 is 0 Å². The Kier molecular flexibility index (Phi) is 7.44. The smallest absolute Gasteiger partial charge is 0.406 e. The van der Waals surface area contributed by atoms with E-state index in [9.17, 15) is 26.4 Å². The lowest BCUT2D eigenvalue weighted by Gasteiger charge is -2.42. The highest BCUT2D eigenvalue weighted by Gasteiger charge is 2.47. The molecule has 0 aromatic heterocycles. The topological polar surface area (TPSA) is 84.9 Å². The third-order valence-electron chi connectivity index (χ3n) is 7.23. The number of carbonyl (C=O) groups is 1. The first kappa shape index (κ1) is 25.2. The SMILES string of the molecule is C[C@@H](C(F)(F)F)S(=O)(=O)NC1CCCN2C(=O)COc3ccccc3C3CCC(CC3)OC[C@@H]12. The van der Waals surface area contributed by atoms with Crippen molar-refractivity contribution in [1.82, 2.24) is 9.62 Å². The second-order valence-corrected chi connectivity index (χ2v) is 11.4. The number of nitrogens with one attached hydrogen (secondary N) is 1. The van der Waals surface area contributed by atoms with Crippen LogP contribution in [0.25, 0.3) is 0 Å². The Morgan fingerprint density at radius 3 is 2.53 bits per heavy atom. The highest BCUT2D eigenvalue weighted by atomic mass is 32.2. The summed E-state index contributed by atoms with van der Waals surface area (Å²) < 4.78 is 78.7. The minimum absolute atomic E-state index is 0.0460. The second kappa shape index (κ2) is 10.0. The summed E-state index contributed by atoms with van der Waals surface area (Å²) in [6.07, 6.45) is -0.760. The van der Waals surface area contributed by atoms with E-state index in [2.05, 4.69) is 4.72 Å². The monoisotopic (exact) mass is 504 g/mol. The molecular weight excluding hydrogens is 473 g/mol. The van der Waals surface area contributed by atoms with E-state index in [1.807, 2.05) is 24.3 Å². The quantitative estimate of drug-likeness (QED) is 0.683. The number of benzene rings is 1. The first-order chi connectivity index (χ1) is 16.1. The molecule has 1 unspecified atom stereocenters. The van der Waals surface area contributed by atoms with Crippen LogP contribution in [0.3, 0.4) is 0 Å². The maximum absolute atomic E-state index is 13.1. The standard InChI is InChI=1S/C23H31F3N2O5S/c1-15(23(24,25)26)34(30,31)27-19-6-4-12-28-20(19)13-32-17-10-8-16(9-11-17)18-5-2-3-7-21(18)33-14-22(28)29/h2-3,5,7,15-17,19-20,27H,4,6,8-14H2,1H3/t15-,16?,17?,19?,20-/m0/s1. The normalized spacial score (nSPS) is 29.6. The van der Waals surface area contributed by atoms with Crippen molar-refractivity contribution < 1.29 is 35.9 Å². The van der Waals surface area contributed by atoms with Crippen molar-refractivity contribution in [2.24, 2.45) is 0 Å². The van der Waals surface area contributed by atoms with Gasteiger partial charge in [0.05, 0.1) is 18.8 Å². The van der Waals surface area contributed by atoms with Crippen molar-refractivity contribution >= 4 is 15.9 Å². The number of nitrogens with zero attached hydrogens (tertiary/aromatic N) is 1. The van der Waals surface area contributed by atoms with E-state index >= 15 is 0 Å². The Morgan fingerprint density at radius 2 is 1.82 bits per heavy atom. The minimum atomic E-state index is -4.89. The third kappa shape index (κ3) is 5.52. The molecule has 11 heteroatoms. The molecule has 2 fully saturated rings. The Hall–Kier alpha value is -1.85. The first-order valence-electron chi connectivity index (χ1n) is 11.8. The second-order valence-electron chi connectivity index (χ2n) is 9.38. The van der Waals surface area contributed by atoms with Gasteiger partial charge in [0.15, 0.2) is 11.9 Å². The number of halogens is 3. The summed E-state index contributed by atoms with van der Waals surface area (Å²) in [6, 6.07) is 6.07. The number of rotatable bonds is 3. The number of amides is 1. The van der Waals surface area contributed by atoms with Gasteiger partial charge in [-0.05, 0) is 63.0 Å². The molecule has 34 heavy (non-hydrogen) atoms. The molecule has 0 spiro atoms. The van der Waals surface area contributed by atoms with Crippen LogP contribution in [0.5, 0.6) is 5.75 Å². The van der Waals surface area contributed by atoms with Crippen molar-refractivity contribution in [1.29, 1.82) is 0 Å². The summed E-state index contributed by atoms with van der Waals surface area (Å²) in [6.45, 7) is 0.806. The van der Waals surface area contributed by atoms with Gasteiger partial charge in [-0.15, -0.1) is 0 Å². The number of para-hydroxylation sites is 1. The number of hydrogen-bond donors (Lipinski definition) is 1. The number of piperidine rings is 1. The highest BCUT2D eigenvalue weighted by Crippen LogP contribution is 2.39. The summed E-state index contributed by atoms with van der Waals surface area (Å²) in [5.74, 6) is 0.616. The number of alkyl halides is 3. The van der Waals surface area contributed by atoms with Gasteiger partial charge in [0.2, 0.25) is 10.0 Å². The fraction of sp³-hybridized carbons (Fsp3) is 0.696. The molecule has 1 aliphatic carbocycles. The number of carbonyl (C=O) groups excluding carboxylic acids is 1. The van der Waals surface area contributed by atoms with E-state index in [1.54, 1.807) is 0 Å². The Morgan fingerprint density at radius 1 is 1.12 bits per heavy atom. The van der Waals surface area contributed by atoms with Gasteiger partial charge >= 0.3 is 6.18 Å². The summed E-state index contributed by atoms with van der Waals surface area (Å²) in [7, 11) is -4.69. The van der Waals surface area contributed by atoms with Crippen molar-refractivity contribution in [3.63, 3.8) is 0 Å². The number of fused-ring (bicyclic) bond motifs is 5. The zero-order valence-corrected chi connectivity index (χ0v) is 19.9. The van der Waals surface area contributed by atoms with Crippen LogP contribution < -0.4 is 9.46 Å². The minimum Gasteiger partial charge on any atom is -0.483 e. The van der Waals surface area contributed by atoms with Gasteiger partial charge < -0.3 is 14.4 Å². The summed E-state index contributed by atoms with van der Waals surface area (Å²) >= 11 is 0. The van der Waals surface area contributed by atoms with Crippen LogP contribution in [0.15, 0.2) is 24.3 Å². The van der Waals surface area contributed by atoms with Crippen LogP contribution in [0.2, 0.25) is 0 Å². The van der Waals surface area contributed by atoms with Gasteiger partial charge in [0, 0.05) is 12.6 Å². The summed E-state index contributed by atoms with van der Waals surface area (Å²) in [5, 5.41) is -2.56.